The summed E-state index contributed by atoms with van der Waals surface area (Å²) in [4.78, 5) is 18.0. The SMILES string of the molecule is Cc1cccc(N2CCN(CCC3(F)CCC(NC(=O)N(C)C)CC3)CC2)c1Cl. The predicted molar refractivity (Wildman–Crippen MR) is 118 cm³/mol. The highest BCUT2D eigenvalue weighted by atomic mass is 35.5. The van der Waals surface area contributed by atoms with Crippen LogP contribution in [0.25, 0.3) is 0 Å². The van der Waals surface area contributed by atoms with Gasteiger partial charge in [-0.2, -0.15) is 0 Å². The number of carbonyl (C=O) groups is 1. The number of piperazine rings is 1. The maximum atomic E-state index is 15.3. The molecule has 1 aliphatic carbocycles. The van der Waals surface area contributed by atoms with Crippen LogP contribution < -0.4 is 10.2 Å². The van der Waals surface area contributed by atoms with E-state index < -0.39 is 5.67 Å². The minimum Gasteiger partial charge on any atom is -0.368 e. The Labute approximate surface area is 179 Å². The molecule has 1 aromatic carbocycles. The van der Waals surface area contributed by atoms with Crippen molar-refractivity contribution < 1.29 is 9.18 Å². The monoisotopic (exact) mass is 424 g/mol. The Bertz CT molecular complexity index is 698. The molecule has 1 saturated heterocycles. The van der Waals surface area contributed by atoms with Crippen LogP contribution in [0.1, 0.15) is 37.7 Å². The van der Waals surface area contributed by atoms with Crippen molar-refractivity contribution >= 4 is 23.3 Å². The summed E-state index contributed by atoms with van der Waals surface area (Å²) in [6, 6.07) is 6.16. The van der Waals surface area contributed by atoms with Crippen molar-refractivity contribution in [2.75, 3.05) is 51.7 Å². The molecule has 0 atom stereocenters. The zero-order valence-corrected chi connectivity index (χ0v) is 18.6. The number of aryl methyl sites for hydroxylation is 1. The zero-order valence-electron chi connectivity index (χ0n) is 17.9. The molecule has 1 saturated carbocycles. The van der Waals surface area contributed by atoms with Crippen LogP contribution in [0, 0.1) is 6.92 Å². The number of nitrogens with one attached hydrogen (secondary N) is 1. The standard InChI is InChI=1S/C22H34ClFN4O/c1-17-5-4-6-19(20(17)23)28-15-13-27(14-16-28)12-11-22(24)9-7-18(8-10-22)25-21(29)26(2)3/h4-6,18H,7-16H2,1-3H3,(H,25,29). The van der Waals surface area contributed by atoms with Crippen LogP contribution >= 0.6 is 11.6 Å². The van der Waals surface area contributed by atoms with Gasteiger partial charge in [-0.25, -0.2) is 9.18 Å². The molecule has 1 aromatic rings. The summed E-state index contributed by atoms with van der Waals surface area (Å²) in [5.74, 6) is 0. The molecule has 0 unspecified atom stereocenters. The molecule has 2 aliphatic rings. The summed E-state index contributed by atoms with van der Waals surface area (Å²) < 4.78 is 15.3. The molecule has 5 nitrogen and oxygen atoms in total. The first-order valence-electron chi connectivity index (χ1n) is 10.7. The van der Waals surface area contributed by atoms with Gasteiger partial charge < -0.3 is 15.1 Å². The summed E-state index contributed by atoms with van der Waals surface area (Å²) in [6.45, 7) is 6.52. The Morgan fingerprint density at radius 1 is 1.24 bits per heavy atom. The lowest BCUT2D eigenvalue weighted by atomic mass is 9.81. The van der Waals surface area contributed by atoms with Gasteiger partial charge in [0.1, 0.15) is 5.67 Å². The second-order valence-corrected chi connectivity index (χ2v) is 9.13. The van der Waals surface area contributed by atoms with Crippen molar-refractivity contribution in [3.63, 3.8) is 0 Å². The molecule has 2 fully saturated rings. The molecule has 1 N–H and O–H groups in total. The quantitative estimate of drug-likeness (QED) is 0.773. The number of hydrogen-bond donors (Lipinski definition) is 1. The van der Waals surface area contributed by atoms with Gasteiger partial charge in [0.05, 0.1) is 10.7 Å². The van der Waals surface area contributed by atoms with Crippen LogP contribution in [-0.4, -0.2) is 74.4 Å². The number of urea groups is 1. The fraction of sp³-hybridized carbons (Fsp3) is 0.682. The van der Waals surface area contributed by atoms with E-state index in [0.29, 0.717) is 19.3 Å². The summed E-state index contributed by atoms with van der Waals surface area (Å²) in [5, 5.41) is 3.82. The van der Waals surface area contributed by atoms with E-state index in [0.717, 1.165) is 61.8 Å². The molecule has 0 spiro atoms. The topological polar surface area (TPSA) is 38.8 Å². The molecule has 2 amide bonds. The molecule has 0 bridgehead atoms. The van der Waals surface area contributed by atoms with Gasteiger partial charge in [0, 0.05) is 52.9 Å². The number of halogens is 2. The van der Waals surface area contributed by atoms with E-state index in [1.54, 1.807) is 14.1 Å². The Balaban J connectivity index is 1.41. The summed E-state index contributed by atoms with van der Waals surface area (Å²) >= 11 is 6.47. The molecule has 1 heterocycles. The van der Waals surface area contributed by atoms with Gasteiger partial charge >= 0.3 is 6.03 Å². The molecule has 1 aliphatic heterocycles. The highest BCUT2D eigenvalue weighted by molar-refractivity contribution is 6.34. The lowest BCUT2D eigenvalue weighted by Crippen LogP contribution is -2.49. The van der Waals surface area contributed by atoms with Gasteiger partial charge in [-0.05, 0) is 50.7 Å². The molecular formula is C22H34ClFN4O. The minimum absolute atomic E-state index is 0.0899. The molecular weight excluding hydrogens is 391 g/mol. The Hall–Kier alpha value is -1.53. The van der Waals surface area contributed by atoms with Crippen molar-refractivity contribution in [1.29, 1.82) is 0 Å². The molecule has 3 rings (SSSR count). The third-order valence-electron chi connectivity index (χ3n) is 6.38. The fourth-order valence-corrected chi connectivity index (χ4v) is 4.53. The van der Waals surface area contributed by atoms with Crippen molar-refractivity contribution in [1.82, 2.24) is 15.1 Å². The van der Waals surface area contributed by atoms with Crippen LogP contribution in [0.3, 0.4) is 0 Å². The number of hydrogen-bond acceptors (Lipinski definition) is 3. The van der Waals surface area contributed by atoms with Gasteiger partial charge in [0.2, 0.25) is 0 Å². The molecule has 7 heteroatoms. The van der Waals surface area contributed by atoms with Gasteiger partial charge in [0.15, 0.2) is 0 Å². The zero-order chi connectivity index (χ0) is 21.0. The molecule has 0 radical (unpaired) electrons. The van der Waals surface area contributed by atoms with E-state index in [2.05, 4.69) is 21.2 Å². The van der Waals surface area contributed by atoms with Gasteiger partial charge in [0.25, 0.3) is 0 Å². The predicted octanol–water partition coefficient (Wildman–Crippen LogP) is 4.08. The van der Waals surface area contributed by atoms with E-state index in [9.17, 15) is 4.79 Å². The third kappa shape index (κ3) is 5.76. The highest BCUT2D eigenvalue weighted by Crippen LogP contribution is 2.35. The smallest absolute Gasteiger partial charge is 0.317 e. The number of amides is 2. The highest BCUT2D eigenvalue weighted by Gasteiger charge is 2.36. The number of rotatable bonds is 5. The first-order valence-corrected chi connectivity index (χ1v) is 11.0. The minimum atomic E-state index is -1.10. The number of carbonyl (C=O) groups excluding carboxylic acids is 1. The average molecular weight is 425 g/mol. The van der Waals surface area contributed by atoms with Crippen molar-refractivity contribution in [2.45, 2.75) is 50.7 Å². The summed E-state index contributed by atoms with van der Waals surface area (Å²) in [5.41, 5.74) is 1.10. The number of benzene rings is 1. The van der Waals surface area contributed by atoms with Crippen LogP contribution in [0.5, 0.6) is 0 Å². The van der Waals surface area contributed by atoms with Gasteiger partial charge in [-0.3, -0.25) is 4.90 Å². The van der Waals surface area contributed by atoms with Crippen molar-refractivity contribution in [3.8, 4) is 0 Å². The largest absolute Gasteiger partial charge is 0.368 e. The summed E-state index contributed by atoms with van der Waals surface area (Å²) in [6.07, 6.45) is 3.08. The maximum absolute atomic E-state index is 15.3. The second-order valence-electron chi connectivity index (χ2n) is 8.76. The fourth-order valence-electron chi connectivity index (χ4n) is 4.28. The number of alkyl halides is 1. The van der Waals surface area contributed by atoms with Crippen LogP contribution in [0.2, 0.25) is 5.02 Å². The van der Waals surface area contributed by atoms with Gasteiger partial charge in [-0.15, -0.1) is 0 Å². The molecule has 162 valence electrons. The van der Waals surface area contributed by atoms with Gasteiger partial charge in [-0.1, -0.05) is 23.7 Å². The lowest BCUT2D eigenvalue weighted by molar-refractivity contribution is 0.0681. The van der Waals surface area contributed by atoms with E-state index in [1.807, 2.05) is 19.1 Å². The Morgan fingerprint density at radius 2 is 1.90 bits per heavy atom. The van der Waals surface area contributed by atoms with Crippen molar-refractivity contribution in [3.05, 3.63) is 28.8 Å². The van der Waals surface area contributed by atoms with Crippen LogP contribution in [0.4, 0.5) is 14.9 Å². The maximum Gasteiger partial charge on any atom is 0.317 e. The third-order valence-corrected chi connectivity index (χ3v) is 6.87. The van der Waals surface area contributed by atoms with Crippen LogP contribution in [0.15, 0.2) is 18.2 Å². The second kappa shape index (κ2) is 9.52. The molecule has 0 aromatic heterocycles. The van der Waals surface area contributed by atoms with Crippen LogP contribution in [-0.2, 0) is 0 Å². The van der Waals surface area contributed by atoms with E-state index in [1.165, 1.54) is 4.90 Å². The van der Waals surface area contributed by atoms with E-state index >= 15 is 4.39 Å². The van der Waals surface area contributed by atoms with E-state index in [4.69, 9.17) is 11.6 Å². The van der Waals surface area contributed by atoms with Crippen molar-refractivity contribution in [2.24, 2.45) is 0 Å². The lowest BCUT2D eigenvalue weighted by Gasteiger charge is -2.39. The Morgan fingerprint density at radius 3 is 2.52 bits per heavy atom. The molecule has 29 heavy (non-hydrogen) atoms. The first-order chi connectivity index (χ1) is 13.8. The summed E-state index contributed by atoms with van der Waals surface area (Å²) in [7, 11) is 3.45. The first kappa shape index (κ1) is 22.2. The average Bonchev–Trinajstić information content (AvgIpc) is 2.71. The number of anilines is 1. The normalized spacial score (nSPS) is 25.7. The van der Waals surface area contributed by atoms with E-state index in [-0.39, 0.29) is 12.1 Å². The number of nitrogens with zero attached hydrogens (tertiary/aromatic N) is 3. The Kier molecular flexibility index (Phi) is 7.28.